The summed E-state index contributed by atoms with van der Waals surface area (Å²) in [4.78, 5) is 20.2. The van der Waals surface area contributed by atoms with E-state index in [9.17, 15) is 4.79 Å². The highest BCUT2D eigenvalue weighted by Crippen LogP contribution is 2.32. The van der Waals surface area contributed by atoms with Gasteiger partial charge in [-0.15, -0.1) is 0 Å². The van der Waals surface area contributed by atoms with Crippen LogP contribution in [0.5, 0.6) is 0 Å². The van der Waals surface area contributed by atoms with Gasteiger partial charge in [-0.3, -0.25) is 9.69 Å². The Morgan fingerprint density at radius 3 is 1.54 bits per heavy atom. The van der Waals surface area contributed by atoms with Crippen molar-refractivity contribution in [3.05, 3.63) is 132 Å². The van der Waals surface area contributed by atoms with Gasteiger partial charge in [0.25, 0.3) is 0 Å². The van der Waals surface area contributed by atoms with Gasteiger partial charge in [0.05, 0.1) is 6.04 Å². The number of piperidine rings is 1. The van der Waals surface area contributed by atoms with Crippen LogP contribution >= 0.6 is 0 Å². The Balaban J connectivity index is 1.27. The molecule has 0 aromatic heterocycles. The molecule has 1 aliphatic heterocycles. The van der Waals surface area contributed by atoms with E-state index in [2.05, 4.69) is 94.7 Å². The average Bonchev–Trinajstić information content (AvgIpc) is 2.98. The van der Waals surface area contributed by atoms with Crippen LogP contribution in [0.1, 0.15) is 30.0 Å². The lowest BCUT2D eigenvalue weighted by molar-refractivity contribution is -0.131. The number of anilines is 2. The normalized spacial score (nSPS) is 14.4. The SMILES string of the molecule is CN(C(=O)CN(c1ccccc1)c1ccccc1)C1CCN(C(c2ccccc2)c2ccccc2)CC1. The highest BCUT2D eigenvalue weighted by molar-refractivity contribution is 5.84. The van der Waals surface area contributed by atoms with Crippen molar-refractivity contribution in [1.82, 2.24) is 9.80 Å². The van der Waals surface area contributed by atoms with Gasteiger partial charge in [0.1, 0.15) is 6.54 Å². The van der Waals surface area contributed by atoms with E-state index in [1.807, 2.05) is 48.3 Å². The summed E-state index contributed by atoms with van der Waals surface area (Å²) in [5.74, 6) is 0.147. The number of carbonyl (C=O) groups excluding carboxylic acids is 1. The largest absolute Gasteiger partial charge is 0.341 e. The Bertz CT molecular complexity index is 1160. The minimum atomic E-state index is 0.147. The van der Waals surface area contributed by atoms with Gasteiger partial charge in [-0.25, -0.2) is 0 Å². The topological polar surface area (TPSA) is 26.8 Å². The predicted molar refractivity (Wildman–Crippen MR) is 152 cm³/mol. The number of likely N-dealkylation sites (N-methyl/N-ethyl adjacent to an activating group) is 1. The lowest BCUT2D eigenvalue weighted by Crippen LogP contribution is -2.48. The molecule has 0 saturated carbocycles. The van der Waals surface area contributed by atoms with Crippen LogP contribution < -0.4 is 4.90 Å². The molecule has 1 aliphatic rings. The molecule has 0 N–H and O–H groups in total. The second-order valence-corrected chi connectivity index (χ2v) is 9.75. The first-order chi connectivity index (χ1) is 18.2. The van der Waals surface area contributed by atoms with Crippen molar-refractivity contribution in [2.45, 2.75) is 24.9 Å². The standard InChI is InChI=1S/C33H35N3O/c1-34(32(37)26-36(30-18-10-4-11-19-30)31-20-12-5-13-21-31)29-22-24-35(25-23-29)33(27-14-6-2-7-15-27)28-16-8-3-9-17-28/h2-21,29,33H,22-26H2,1H3. The maximum absolute atomic E-state index is 13.5. The van der Waals surface area contributed by atoms with Gasteiger partial charge >= 0.3 is 0 Å². The maximum atomic E-state index is 13.5. The molecule has 1 amide bonds. The number of amides is 1. The van der Waals surface area contributed by atoms with Gasteiger partial charge in [0.2, 0.25) is 5.91 Å². The maximum Gasteiger partial charge on any atom is 0.242 e. The summed E-state index contributed by atoms with van der Waals surface area (Å²) in [6, 6.07) is 42.3. The lowest BCUT2D eigenvalue weighted by atomic mass is 9.93. The third kappa shape index (κ3) is 5.92. The quantitative estimate of drug-likeness (QED) is 0.281. The van der Waals surface area contributed by atoms with Crippen molar-refractivity contribution < 1.29 is 4.79 Å². The molecule has 0 radical (unpaired) electrons. The van der Waals surface area contributed by atoms with E-state index in [4.69, 9.17) is 0 Å². The monoisotopic (exact) mass is 489 g/mol. The highest BCUT2D eigenvalue weighted by Gasteiger charge is 2.31. The first kappa shape index (κ1) is 24.8. The van der Waals surface area contributed by atoms with Crippen molar-refractivity contribution in [3.63, 3.8) is 0 Å². The van der Waals surface area contributed by atoms with Gasteiger partial charge in [-0.2, -0.15) is 0 Å². The third-order valence-corrected chi connectivity index (χ3v) is 7.47. The lowest BCUT2D eigenvalue weighted by Gasteiger charge is -2.41. The average molecular weight is 490 g/mol. The van der Waals surface area contributed by atoms with Crippen molar-refractivity contribution in [2.24, 2.45) is 0 Å². The number of benzene rings is 4. The first-order valence-electron chi connectivity index (χ1n) is 13.2. The molecule has 5 rings (SSSR count). The van der Waals surface area contributed by atoms with Gasteiger partial charge in [0.15, 0.2) is 0 Å². The van der Waals surface area contributed by atoms with Crippen LogP contribution in [0.2, 0.25) is 0 Å². The van der Waals surface area contributed by atoms with Crippen LogP contribution in [0.15, 0.2) is 121 Å². The second-order valence-electron chi connectivity index (χ2n) is 9.75. The molecule has 1 fully saturated rings. The van der Waals surface area contributed by atoms with Crippen LogP contribution in [0.3, 0.4) is 0 Å². The summed E-state index contributed by atoms with van der Waals surface area (Å²) < 4.78 is 0. The van der Waals surface area contributed by atoms with E-state index < -0.39 is 0 Å². The van der Waals surface area contributed by atoms with E-state index >= 15 is 0 Å². The summed E-state index contributed by atoms with van der Waals surface area (Å²) in [5, 5.41) is 0. The van der Waals surface area contributed by atoms with E-state index in [0.717, 1.165) is 37.3 Å². The minimum absolute atomic E-state index is 0.147. The van der Waals surface area contributed by atoms with Crippen LogP contribution in [0.25, 0.3) is 0 Å². The molecule has 4 aromatic rings. The molecule has 4 nitrogen and oxygen atoms in total. The molecule has 1 saturated heterocycles. The van der Waals surface area contributed by atoms with Gasteiger partial charge in [-0.1, -0.05) is 97.1 Å². The van der Waals surface area contributed by atoms with Crippen molar-refractivity contribution in [2.75, 3.05) is 31.6 Å². The van der Waals surface area contributed by atoms with Crippen molar-refractivity contribution >= 4 is 17.3 Å². The van der Waals surface area contributed by atoms with Crippen LogP contribution in [-0.4, -0.2) is 48.4 Å². The summed E-state index contributed by atoms with van der Waals surface area (Å²) in [7, 11) is 1.97. The summed E-state index contributed by atoms with van der Waals surface area (Å²) in [6.07, 6.45) is 1.93. The number of rotatable bonds is 8. The number of hydrogen-bond acceptors (Lipinski definition) is 3. The smallest absolute Gasteiger partial charge is 0.242 e. The molecule has 0 spiro atoms. The fourth-order valence-corrected chi connectivity index (χ4v) is 5.41. The summed E-state index contributed by atoms with van der Waals surface area (Å²) in [5.41, 5.74) is 4.69. The summed E-state index contributed by atoms with van der Waals surface area (Å²) in [6.45, 7) is 2.23. The minimum Gasteiger partial charge on any atom is -0.341 e. The Morgan fingerprint density at radius 1 is 0.703 bits per heavy atom. The Hall–Kier alpha value is -3.89. The zero-order valence-corrected chi connectivity index (χ0v) is 21.5. The van der Waals surface area contributed by atoms with Crippen molar-refractivity contribution in [1.29, 1.82) is 0 Å². The van der Waals surface area contributed by atoms with Crippen LogP contribution in [0.4, 0.5) is 11.4 Å². The second kappa shape index (κ2) is 11.9. The highest BCUT2D eigenvalue weighted by atomic mass is 16.2. The number of likely N-dealkylation sites (tertiary alicyclic amines) is 1. The van der Waals surface area contributed by atoms with Crippen molar-refractivity contribution in [3.8, 4) is 0 Å². The third-order valence-electron chi connectivity index (χ3n) is 7.47. The molecule has 188 valence electrons. The number of carbonyl (C=O) groups is 1. The fourth-order valence-electron chi connectivity index (χ4n) is 5.41. The van der Waals surface area contributed by atoms with E-state index in [1.54, 1.807) is 0 Å². The number of hydrogen-bond donors (Lipinski definition) is 0. The molecule has 0 atom stereocenters. The molecule has 37 heavy (non-hydrogen) atoms. The predicted octanol–water partition coefficient (Wildman–Crippen LogP) is 6.54. The molecule has 0 unspecified atom stereocenters. The fraction of sp³-hybridized carbons (Fsp3) is 0.242. The van der Waals surface area contributed by atoms with Gasteiger partial charge in [0, 0.05) is 37.6 Å². The number of para-hydroxylation sites is 2. The van der Waals surface area contributed by atoms with E-state index in [-0.39, 0.29) is 18.0 Å². The van der Waals surface area contributed by atoms with Crippen LogP contribution in [-0.2, 0) is 4.79 Å². The molecular weight excluding hydrogens is 454 g/mol. The Labute approximate surface area is 220 Å². The van der Waals surface area contributed by atoms with E-state index in [1.165, 1.54) is 11.1 Å². The summed E-state index contributed by atoms with van der Waals surface area (Å²) >= 11 is 0. The zero-order valence-electron chi connectivity index (χ0n) is 21.5. The molecule has 4 heteroatoms. The molecule has 4 aromatic carbocycles. The molecular formula is C33H35N3O. The first-order valence-corrected chi connectivity index (χ1v) is 13.2. The number of nitrogens with zero attached hydrogens (tertiary/aromatic N) is 3. The molecule has 0 bridgehead atoms. The van der Waals surface area contributed by atoms with E-state index in [0.29, 0.717) is 6.54 Å². The molecule has 0 aliphatic carbocycles. The van der Waals surface area contributed by atoms with Gasteiger partial charge < -0.3 is 9.80 Å². The van der Waals surface area contributed by atoms with Crippen LogP contribution in [0, 0.1) is 0 Å². The molecule has 1 heterocycles. The van der Waals surface area contributed by atoms with Gasteiger partial charge in [-0.05, 0) is 48.2 Å². The Morgan fingerprint density at radius 2 is 1.11 bits per heavy atom. The zero-order chi connectivity index (χ0) is 25.5. The Kier molecular flexibility index (Phi) is 7.97.